The number of nitriles is 1. The van der Waals surface area contributed by atoms with Crippen LogP contribution >= 0.6 is 11.6 Å². The molecule has 0 atom stereocenters. The van der Waals surface area contributed by atoms with Crippen LogP contribution in [0.2, 0.25) is 5.02 Å². The van der Waals surface area contributed by atoms with E-state index < -0.39 is 10.0 Å². The number of ether oxygens (including phenoxy) is 2. The van der Waals surface area contributed by atoms with Gasteiger partial charge in [-0.05, 0) is 18.2 Å². The maximum absolute atomic E-state index is 12.6. The van der Waals surface area contributed by atoms with E-state index in [1.165, 1.54) is 36.7 Å². The van der Waals surface area contributed by atoms with Gasteiger partial charge >= 0.3 is 0 Å². The highest BCUT2D eigenvalue weighted by molar-refractivity contribution is 7.89. The minimum atomic E-state index is -3.73. The molecule has 116 valence electrons. The van der Waals surface area contributed by atoms with Gasteiger partial charge in [0.2, 0.25) is 10.0 Å². The van der Waals surface area contributed by atoms with Crippen molar-refractivity contribution in [2.24, 2.45) is 0 Å². The molecule has 1 aromatic carbocycles. The first kappa shape index (κ1) is 17.7. The number of benzene rings is 1. The number of rotatable bonds is 8. The molecule has 0 radical (unpaired) electrons. The van der Waals surface area contributed by atoms with E-state index in [0.717, 1.165) is 0 Å². The van der Waals surface area contributed by atoms with Gasteiger partial charge in [-0.15, -0.1) is 0 Å². The molecule has 0 unspecified atom stereocenters. The highest BCUT2D eigenvalue weighted by atomic mass is 35.5. The predicted molar refractivity (Wildman–Crippen MR) is 78.9 cm³/mol. The molecule has 21 heavy (non-hydrogen) atoms. The first-order valence-electron chi connectivity index (χ1n) is 6.17. The van der Waals surface area contributed by atoms with E-state index in [1.54, 1.807) is 0 Å². The fourth-order valence-electron chi connectivity index (χ4n) is 1.68. The van der Waals surface area contributed by atoms with Gasteiger partial charge in [-0.1, -0.05) is 11.6 Å². The van der Waals surface area contributed by atoms with Crippen molar-refractivity contribution in [2.45, 2.75) is 11.3 Å². The lowest BCUT2D eigenvalue weighted by atomic mass is 10.3. The summed E-state index contributed by atoms with van der Waals surface area (Å²) in [5, 5.41) is 8.86. The normalized spacial score (nSPS) is 11.4. The van der Waals surface area contributed by atoms with Crippen molar-refractivity contribution in [3.8, 4) is 11.8 Å². The molecule has 0 fully saturated rings. The van der Waals surface area contributed by atoms with Crippen molar-refractivity contribution in [3.05, 3.63) is 23.2 Å². The summed E-state index contributed by atoms with van der Waals surface area (Å²) in [5.74, 6) is 0.399. The van der Waals surface area contributed by atoms with E-state index in [4.69, 9.17) is 26.3 Å². The fourth-order valence-corrected chi connectivity index (χ4v) is 3.45. The lowest BCUT2D eigenvalue weighted by molar-refractivity contribution is 0.179. The minimum absolute atomic E-state index is 0.0577. The van der Waals surface area contributed by atoms with Crippen molar-refractivity contribution in [3.63, 3.8) is 0 Å². The minimum Gasteiger partial charge on any atom is -0.495 e. The summed E-state index contributed by atoms with van der Waals surface area (Å²) >= 11 is 5.96. The summed E-state index contributed by atoms with van der Waals surface area (Å²) in [7, 11) is -0.794. The molecule has 0 aliphatic carbocycles. The van der Waals surface area contributed by atoms with Crippen LogP contribution in [0, 0.1) is 11.3 Å². The van der Waals surface area contributed by atoms with Crippen LogP contribution < -0.4 is 4.74 Å². The van der Waals surface area contributed by atoms with Crippen LogP contribution in [-0.2, 0) is 14.8 Å². The molecule has 0 saturated carbocycles. The zero-order valence-electron chi connectivity index (χ0n) is 11.9. The molecular formula is C13H17ClN2O4S. The summed E-state index contributed by atoms with van der Waals surface area (Å²) in [6.07, 6.45) is 0.104. The van der Waals surface area contributed by atoms with Crippen molar-refractivity contribution in [2.75, 3.05) is 33.9 Å². The van der Waals surface area contributed by atoms with E-state index in [9.17, 15) is 8.42 Å². The van der Waals surface area contributed by atoms with E-state index in [0.29, 0.717) is 5.75 Å². The van der Waals surface area contributed by atoms with Crippen LogP contribution in [0.5, 0.6) is 5.75 Å². The van der Waals surface area contributed by atoms with Crippen LogP contribution in [0.1, 0.15) is 6.42 Å². The van der Waals surface area contributed by atoms with Gasteiger partial charge in [0, 0.05) is 26.6 Å². The second kappa shape index (κ2) is 8.20. The van der Waals surface area contributed by atoms with Gasteiger partial charge in [-0.3, -0.25) is 0 Å². The standard InChI is InChI=1S/C13H17ClN2O4S/c1-19-9-8-16(7-3-6-15)21(17,18)11-4-5-13(20-2)12(14)10-11/h4-5,10H,3,7-9H2,1-2H3. The molecule has 0 heterocycles. The quantitative estimate of drug-likeness (QED) is 0.726. The van der Waals surface area contributed by atoms with E-state index in [-0.39, 0.29) is 36.0 Å². The Balaban J connectivity index is 3.09. The molecule has 1 rings (SSSR count). The first-order valence-corrected chi connectivity index (χ1v) is 7.98. The number of hydrogen-bond donors (Lipinski definition) is 0. The molecule has 6 nitrogen and oxygen atoms in total. The summed E-state index contributed by atoms with van der Waals surface area (Å²) in [5.41, 5.74) is 0. The monoisotopic (exact) mass is 332 g/mol. The summed E-state index contributed by atoms with van der Waals surface area (Å²) in [4.78, 5) is 0.0577. The van der Waals surface area contributed by atoms with Crippen LogP contribution in [-0.4, -0.2) is 46.6 Å². The van der Waals surface area contributed by atoms with Crippen molar-refractivity contribution in [1.29, 1.82) is 5.26 Å². The summed E-state index contributed by atoms with van der Waals surface area (Å²) < 4.78 is 36.2. The third kappa shape index (κ3) is 4.58. The van der Waals surface area contributed by atoms with E-state index in [2.05, 4.69) is 0 Å². The maximum Gasteiger partial charge on any atom is 0.243 e. The molecule has 0 spiro atoms. The average Bonchev–Trinajstić information content (AvgIpc) is 2.47. The fraction of sp³-hybridized carbons (Fsp3) is 0.462. The highest BCUT2D eigenvalue weighted by Gasteiger charge is 2.24. The summed E-state index contributed by atoms with van der Waals surface area (Å²) in [6.45, 7) is 0.518. The third-order valence-electron chi connectivity index (χ3n) is 2.78. The van der Waals surface area contributed by atoms with Gasteiger partial charge in [-0.25, -0.2) is 8.42 Å². The molecular weight excluding hydrogens is 316 g/mol. The molecule has 0 aliphatic rings. The van der Waals surface area contributed by atoms with Gasteiger partial charge in [0.1, 0.15) is 5.75 Å². The zero-order valence-corrected chi connectivity index (χ0v) is 13.4. The average molecular weight is 333 g/mol. The number of sulfonamides is 1. The Morgan fingerprint density at radius 3 is 2.57 bits per heavy atom. The number of methoxy groups -OCH3 is 2. The van der Waals surface area contributed by atoms with Crippen LogP contribution in [0.25, 0.3) is 0 Å². The molecule has 0 aromatic heterocycles. The van der Waals surface area contributed by atoms with E-state index >= 15 is 0 Å². The first-order chi connectivity index (χ1) is 9.97. The molecule has 0 N–H and O–H groups in total. The molecule has 8 heteroatoms. The Morgan fingerprint density at radius 1 is 1.33 bits per heavy atom. The second-order valence-corrected chi connectivity index (χ2v) is 6.45. The largest absolute Gasteiger partial charge is 0.495 e. The highest BCUT2D eigenvalue weighted by Crippen LogP contribution is 2.28. The predicted octanol–water partition coefficient (Wildman–Crippen LogP) is 1.90. The van der Waals surface area contributed by atoms with Crippen LogP contribution in [0.4, 0.5) is 0 Å². The van der Waals surface area contributed by atoms with Gasteiger partial charge in [-0.2, -0.15) is 9.57 Å². The Bertz CT molecular complexity index is 613. The van der Waals surface area contributed by atoms with E-state index in [1.807, 2.05) is 6.07 Å². The maximum atomic E-state index is 12.6. The molecule has 0 saturated heterocycles. The lowest BCUT2D eigenvalue weighted by Crippen LogP contribution is -2.34. The number of nitrogens with zero attached hydrogens (tertiary/aromatic N) is 2. The Kier molecular flexibility index (Phi) is 6.92. The van der Waals surface area contributed by atoms with Crippen molar-refractivity contribution in [1.82, 2.24) is 4.31 Å². The second-order valence-electron chi connectivity index (χ2n) is 4.10. The Hall–Kier alpha value is -1.33. The Morgan fingerprint density at radius 2 is 2.05 bits per heavy atom. The molecule has 1 aromatic rings. The molecule has 0 aliphatic heterocycles. The third-order valence-corrected chi connectivity index (χ3v) is 4.97. The smallest absolute Gasteiger partial charge is 0.243 e. The molecule has 0 amide bonds. The SMILES string of the molecule is COCCN(CCC#N)S(=O)(=O)c1ccc(OC)c(Cl)c1. The lowest BCUT2D eigenvalue weighted by Gasteiger charge is -2.21. The summed E-state index contributed by atoms with van der Waals surface area (Å²) in [6, 6.07) is 6.19. The topological polar surface area (TPSA) is 79.6 Å². The van der Waals surface area contributed by atoms with Gasteiger partial charge in [0.05, 0.1) is 29.7 Å². The van der Waals surface area contributed by atoms with Crippen LogP contribution in [0.15, 0.2) is 23.1 Å². The van der Waals surface area contributed by atoms with Gasteiger partial charge in [0.15, 0.2) is 0 Å². The van der Waals surface area contributed by atoms with Crippen molar-refractivity contribution >= 4 is 21.6 Å². The Labute approximate surface area is 129 Å². The van der Waals surface area contributed by atoms with Gasteiger partial charge < -0.3 is 9.47 Å². The zero-order chi connectivity index (χ0) is 15.9. The number of halogens is 1. The van der Waals surface area contributed by atoms with Gasteiger partial charge in [0.25, 0.3) is 0 Å². The van der Waals surface area contributed by atoms with Crippen LogP contribution in [0.3, 0.4) is 0 Å². The number of hydrogen-bond acceptors (Lipinski definition) is 5. The van der Waals surface area contributed by atoms with Crippen molar-refractivity contribution < 1.29 is 17.9 Å². The molecule has 0 bridgehead atoms.